The summed E-state index contributed by atoms with van der Waals surface area (Å²) in [6.07, 6.45) is 7.48. The molecule has 0 aliphatic heterocycles. The fourth-order valence-corrected chi connectivity index (χ4v) is 3.01. The Kier molecular flexibility index (Phi) is 5.62. The van der Waals surface area contributed by atoms with Crippen molar-refractivity contribution >= 4 is 11.5 Å². The molecule has 0 heterocycles. The first-order chi connectivity index (χ1) is 10.1. The Morgan fingerprint density at radius 1 is 1.29 bits per heavy atom. The number of nitrogens with two attached hydrogens (primary N) is 1. The van der Waals surface area contributed by atoms with Gasteiger partial charge in [-0.1, -0.05) is 25.7 Å². The molecule has 1 aliphatic carbocycles. The van der Waals surface area contributed by atoms with E-state index >= 15 is 0 Å². The molecule has 3 N–H and O–H groups in total. The van der Waals surface area contributed by atoms with Crippen molar-refractivity contribution in [1.82, 2.24) is 5.32 Å². The standard InChI is InChI=1S/C17H26N2O2/c1-12(19-14-7-5-3-4-6-8-14)17(20)13-9-10-16(21-2)15(18)11-13/h9-12,14,19H,3-8,18H2,1-2H3. The molecule has 0 saturated heterocycles. The van der Waals surface area contributed by atoms with Crippen molar-refractivity contribution in [3.63, 3.8) is 0 Å². The van der Waals surface area contributed by atoms with Crippen molar-refractivity contribution in [2.24, 2.45) is 0 Å². The molecule has 1 saturated carbocycles. The lowest BCUT2D eigenvalue weighted by Crippen LogP contribution is -2.41. The Morgan fingerprint density at radius 2 is 1.95 bits per heavy atom. The minimum Gasteiger partial charge on any atom is -0.495 e. The number of nitrogens with one attached hydrogen (secondary N) is 1. The second-order valence-corrected chi connectivity index (χ2v) is 5.90. The minimum absolute atomic E-state index is 0.0913. The van der Waals surface area contributed by atoms with E-state index in [2.05, 4.69) is 5.32 Å². The first-order valence-electron chi connectivity index (χ1n) is 7.85. The highest BCUT2D eigenvalue weighted by atomic mass is 16.5. The summed E-state index contributed by atoms with van der Waals surface area (Å²) in [4.78, 5) is 12.5. The molecule has 1 aliphatic rings. The maximum absolute atomic E-state index is 12.5. The molecule has 0 spiro atoms. The molecule has 0 bridgehead atoms. The number of anilines is 1. The van der Waals surface area contributed by atoms with Crippen LogP contribution in [0.4, 0.5) is 5.69 Å². The number of carbonyl (C=O) groups is 1. The summed E-state index contributed by atoms with van der Waals surface area (Å²) in [5.74, 6) is 0.699. The van der Waals surface area contributed by atoms with E-state index < -0.39 is 0 Å². The van der Waals surface area contributed by atoms with Crippen molar-refractivity contribution in [1.29, 1.82) is 0 Å². The quantitative estimate of drug-likeness (QED) is 0.497. The topological polar surface area (TPSA) is 64.3 Å². The molecule has 1 aromatic rings. The summed E-state index contributed by atoms with van der Waals surface area (Å²) in [7, 11) is 1.57. The molecular weight excluding hydrogens is 264 g/mol. The molecule has 0 radical (unpaired) electrons. The molecule has 4 heteroatoms. The van der Waals surface area contributed by atoms with Crippen LogP contribution < -0.4 is 15.8 Å². The predicted octanol–water partition coefficient (Wildman–Crippen LogP) is 3.16. The summed E-state index contributed by atoms with van der Waals surface area (Å²) in [5, 5.41) is 3.48. The summed E-state index contributed by atoms with van der Waals surface area (Å²) < 4.78 is 5.12. The first-order valence-corrected chi connectivity index (χ1v) is 7.85. The SMILES string of the molecule is COc1ccc(C(=O)C(C)NC2CCCCCC2)cc1N. The Morgan fingerprint density at radius 3 is 2.52 bits per heavy atom. The van der Waals surface area contributed by atoms with E-state index in [-0.39, 0.29) is 11.8 Å². The Hall–Kier alpha value is -1.55. The lowest BCUT2D eigenvalue weighted by Gasteiger charge is -2.21. The fraction of sp³-hybridized carbons (Fsp3) is 0.588. The smallest absolute Gasteiger partial charge is 0.179 e. The molecular formula is C17H26N2O2. The average Bonchev–Trinajstić information content (AvgIpc) is 2.75. The van der Waals surface area contributed by atoms with Crippen molar-refractivity contribution < 1.29 is 9.53 Å². The zero-order valence-electron chi connectivity index (χ0n) is 13.0. The number of nitrogen functional groups attached to an aromatic ring is 1. The average molecular weight is 290 g/mol. The molecule has 0 amide bonds. The molecule has 1 fully saturated rings. The molecule has 4 nitrogen and oxygen atoms in total. The Bertz CT molecular complexity index is 480. The number of carbonyl (C=O) groups excluding carboxylic acids is 1. The van der Waals surface area contributed by atoms with Gasteiger partial charge in [-0.3, -0.25) is 4.79 Å². The summed E-state index contributed by atoms with van der Waals surface area (Å²) in [6, 6.07) is 5.51. The van der Waals surface area contributed by atoms with E-state index in [0.29, 0.717) is 23.0 Å². The number of ketones is 1. The van der Waals surface area contributed by atoms with Gasteiger partial charge in [0.1, 0.15) is 5.75 Å². The number of hydrogen-bond acceptors (Lipinski definition) is 4. The van der Waals surface area contributed by atoms with Gasteiger partial charge in [0.15, 0.2) is 5.78 Å². The highest BCUT2D eigenvalue weighted by Gasteiger charge is 2.20. The zero-order valence-corrected chi connectivity index (χ0v) is 13.0. The van der Waals surface area contributed by atoms with Crippen LogP contribution in [0.25, 0.3) is 0 Å². The third-order valence-electron chi connectivity index (χ3n) is 4.25. The number of benzene rings is 1. The second-order valence-electron chi connectivity index (χ2n) is 5.90. The van der Waals surface area contributed by atoms with Crippen molar-refractivity contribution in [2.75, 3.05) is 12.8 Å². The van der Waals surface area contributed by atoms with Gasteiger partial charge in [0, 0.05) is 11.6 Å². The Labute approximate surface area is 127 Å². The van der Waals surface area contributed by atoms with Crippen LogP contribution in [0.5, 0.6) is 5.75 Å². The van der Waals surface area contributed by atoms with Crippen LogP contribution >= 0.6 is 0 Å². The van der Waals surface area contributed by atoms with E-state index in [1.807, 2.05) is 6.92 Å². The highest BCUT2D eigenvalue weighted by molar-refractivity contribution is 6.00. The maximum Gasteiger partial charge on any atom is 0.179 e. The predicted molar refractivity (Wildman–Crippen MR) is 85.8 cm³/mol. The van der Waals surface area contributed by atoms with Crippen molar-refractivity contribution in [3.8, 4) is 5.75 Å². The maximum atomic E-state index is 12.5. The van der Waals surface area contributed by atoms with Crippen LogP contribution in [0.3, 0.4) is 0 Å². The van der Waals surface area contributed by atoms with Crippen molar-refractivity contribution in [2.45, 2.75) is 57.5 Å². The van der Waals surface area contributed by atoms with Gasteiger partial charge < -0.3 is 15.8 Å². The minimum atomic E-state index is -0.180. The summed E-state index contributed by atoms with van der Waals surface area (Å²) in [6.45, 7) is 1.94. The van der Waals surface area contributed by atoms with Gasteiger partial charge in [-0.05, 0) is 38.0 Å². The van der Waals surface area contributed by atoms with Gasteiger partial charge in [0.25, 0.3) is 0 Å². The van der Waals surface area contributed by atoms with Crippen LogP contribution in [0.2, 0.25) is 0 Å². The Balaban J connectivity index is 1.99. The highest BCUT2D eigenvalue weighted by Crippen LogP contribution is 2.23. The fourth-order valence-electron chi connectivity index (χ4n) is 3.01. The van der Waals surface area contributed by atoms with Gasteiger partial charge in [-0.25, -0.2) is 0 Å². The molecule has 1 aromatic carbocycles. The molecule has 0 aromatic heterocycles. The van der Waals surface area contributed by atoms with E-state index in [1.165, 1.54) is 38.5 Å². The van der Waals surface area contributed by atoms with Gasteiger partial charge in [-0.2, -0.15) is 0 Å². The van der Waals surface area contributed by atoms with Gasteiger partial charge in [0.05, 0.1) is 18.8 Å². The molecule has 1 unspecified atom stereocenters. The summed E-state index contributed by atoms with van der Waals surface area (Å²) in [5.41, 5.74) is 7.02. The van der Waals surface area contributed by atoms with Crippen LogP contribution in [0.15, 0.2) is 18.2 Å². The monoisotopic (exact) mass is 290 g/mol. The van der Waals surface area contributed by atoms with Gasteiger partial charge in [-0.15, -0.1) is 0 Å². The van der Waals surface area contributed by atoms with Gasteiger partial charge >= 0.3 is 0 Å². The molecule has 21 heavy (non-hydrogen) atoms. The number of methoxy groups -OCH3 is 1. The van der Waals surface area contributed by atoms with Crippen LogP contribution in [-0.4, -0.2) is 25.0 Å². The van der Waals surface area contributed by atoms with E-state index in [9.17, 15) is 4.79 Å². The molecule has 1 atom stereocenters. The van der Waals surface area contributed by atoms with Crippen LogP contribution in [-0.2, 0) is 0 Å². The molecule has 2 rings (SSSR count). The van der Waals surface area contributed by atoms with Crippen LogP contribution in [0, 0.1) is 0 Å². The van der Waals surface area contributed by atoms with E-state index in [4.69, 9.17) is 10.5 Å². The largest absolute Gasteiger partial charge is 0.495 e. The second kappa shape index (κ2) is 7.46. The zero-order chi connectivity index (χ0) is 15.2. The lowest BCUT2D eigenvalue weighted by molar-refractivity contribution is 0.0942. The number of Topliss-reactive ketones (excluding diaryl/α,β-unsaturated/α-hetero) is 1. The van der Waals surface area contributed by atoms with E-state index in [0.717, 1.165) is 0 Å². The lowest BCUT2D eigenvalue weighted by atomic mass is 10.0. The molecule has 116 valence electrons. The summed E-state index contributed by atoms with van der Waals surface area (Å²) >= 11 is 0. The number of ether oxygens (including phenoxy) is 1. The third-order valence-corrected chi connectivity index (χ3v) is 4.25. The van der Waals surface area contributed by atoms with E-state index in [1.54, 1.807) is 25.3 Å². The number of rotatable bonds is 5. The first kappa shape index (κ1) is 15.8. The number of hydrogen-bond donors (Lipinski definition) is 2. The third kappa shape index (κ3) is 4.21. The van der Waals surface area contributed by atoms with Gasteiger partial charge in [0.2, 0.25) is 0 Å². The normalized spacial score (nSPS) is 18.0. The van der Waals surface area contributed by atoms with Crippen molar-refractivity contribution in [3.05, 3.63) is 23.8 Å². The van der Waals surface area contributed by atoms with Crippen LogP contribution in [0.1, 0.15) is 55.8 Å².